The maximum absolute atomic E-state index is 4.97. The second-order valence-corrected chi connectivity index (χ2v) is 14.8. The van der Waals surface area contributed by atoms with Crippen molar-refractivity contribution in [1.29, 1.82) is 0 Å². The van der Waals surface area contributed by atoms with Gasteiger partial charge >= 0.3 is 42.2 Å². The van der Waals surface area contributed by atoms with Crippen LogP contribution in [0.2, 0.25) is 0 Å². The van der Waals surface area contributed by atoms with E-state index >= 15 is 0 Å². The first-order valence-electron chi connectivity index (χ1n) is 7.01. The maximum atomic E-state index is 4.97. The van der Waals surface area contributed by atoms with Crippen molar-refractivity contribution < 1.29 is 13.5 Å². The summed E-state index contributed by atoms with van der Waals surface area (Å²) in [4.78, 5) is 0. The van der Waals surface area contributed by atoms with Crippen LogP contribution in [0.5, 0.6) is 0 Å². The van der Waals surface area contributed by atoms with E-state index in [2.05, 4.69) is 48.6 Å². The quantitative estimate of drug-likeness (QED) is 0.316. The van der Waals surface area contributed by atoms with Gasteiger partial charge < -0.3 is 0 Å². The summed E-state index contributed by atoms with van der Waals surface area (Å²) in [6.45, 7) is 0. The minimum absolute atomic E-state index is 1.27. The van der Waals surface area contributed by atoms with E-state index in [-0.39, 0.29) is 0 Å². The minimum atomic E-state index is -1.92. The molecule has 0 N–H and O–H groups in total. The van der Waals surface area contributed by atoms with E-state index in [1.54, 1.807) is 0 Å². The van der Waals surface area contributed by atoms with E-state index in [0.29, 0.717) is 0 Å². The predicted octanol–water partition coefficient (Wildman–Crippen LogP) is 7.41. The summed E-state index contributed by atoms with van der Waals surface area (Å²) in [7, 11) is 14.9. The first-order chi connectivity index (χ1) is 9.73. The SMILES string of the molecule is C1=CCCCCC=C1.C1=CCCCCC=C1.[Cl][Ir]([Cl])[Cl]. The molecule has 2 aliphatic carbocycles. The Morgan fingerprint density at radius 2 is 0.700 bits per heavy atom. The van der Waals surface area contributed by atoms with Crippen LogP contribution in [0.1, 0.15) is 51.4 Å². The van der Waals surface area contributed by atoms with Gasteiger partial charge in [-0.2, -0.15) is 0 Å². The van der Waals surface area contributed by atoms with Crippen LogP contribution in [-0.4, -0.2) is 0 Å². The molecule has 0 aromatic rings. The van der Waals surface area contributed by atoms with Crippen LogP contribution in [0.4, 0.5) is 0 Å². The Morgan fingerprint density at radius 3 is 0.900 bits per heavy atom. The van der Waals surface area contributed by atoms with Crippen molar-refractivity contribution >= 4 is 28.8 Å². The standard InChI is InChI=1S/2C8H12.3ClH.Ir/c2*1-2-4-6-8-7-5-3-1;;;;/h2*1-4H,5-8H2;3*1H;/q;;;;;+3/p-3. The third-order valence-corrected chi connectivity index (χ3v) is 2.75. The fourth-order valence-corrected chi connectivity index (χ4v) is 1.75. The normalized spacial score (nSPS) is 18.2. The van der Waals surface area contributed by atoms with Gasteiger partial charge in [0, 0.05) is 0 Å². The molecule has 0 aromatic heterocycles. The summed E-state index contributed by atoms with van der Waals surface area (Å²) in [6, 6.07) is 0. The van der Waals surface area contributed by atoms with Gasteiger partial charge in [0.2, 0.25) is 0 Å². The number of halogens is 3. The second-order valence-electron chi connectivity index (χ2n) is 4.42. The molecular formula is C16H24Cl3Ir. The Morgan fingerprint density at radius 1 is 0.500 bits per heavy atom. The number of hydrogen-bond acceptors (Lipinski definition) is 0. The molecule has 0 saturated heterocycles. The van der Waals surface area contributed by atoms with E-state index in [0.717, 1.165) is 0 Å². The van der Waals surface area contributed by atoms with Crippen LogP contribution in [0, 0.1) is 0 Å². The van der Waals surface area contributed by atoms with E-state index in [1.807, 2.05) is 0 Å². The van der Waals surface area contributed by atoms with E-state index in [4.69, 9.17) is 28.8 Å². The topological polar surface area (TPSA) is 0 Å². The molecule has 0 atom stereocenters. The van der Waals surface area contributed by atoms with Crippen molar-refractivity contribution in [3.05, 3.63) is 48.6 Å². The van der Waals surface area contributed by atoms with Gasteiger partial charge in [-0.1, -0.05) is 48.6 Å². The Bertz CT molecular complexity index is 248. The zero-order chi connectivity index (χ0) is 14.9. The molecule has 0 unspecified atom stereocenters. The van der Waals surface area contributed by atoms with E-state index in [9.17, 15) is 0 Å². The molecule has 0 amide bonds. The molecule has 0 radical (unpaired) electrons. The van der Waals surface area contributed by atoms with Crippen LogP contribution >= 0.6 is 28.8 Å². The Hall–Kier alpha value is 0.479. The van der Waals surface area contributed by atoms with Crippen molar-refractivity contribution in [2.45, 2.75) is 51.4 Å². The average Bonchev–Trinajstić information content (AvgIpc) is 2.26. The Labute approximate surface area is 141 Å². The summed E-state index contributed by atoms with van der Waals surface area (Å²) in [5, 5.41) is 0. The van der Waals surface area contributed by atoms with Crippen LogP contribution in [0.15, 0.2) is 48.6 Å². The molecule has 0 saturated carbocycles. The van der Waals surface area contributed by atoms with Gasteiger partial charge in [-0.05, 0) is 51.4 Å². The van der Waals surface area contributed by atoms with Crippen molar-refractivity contribution in [2.24, 2.45) is 0 Å². The zero-order valence-electron chi connectivity index (χ0n) is 11.7. The molecule has 0 nitrogen and oxygen atoms in total. The van der Waals surface area contributed by atoms with Crippen LogP contribution in [-0.2, 0) is 13.5 Å². The molecule has 0 bridgehead atoms. The van der Waals surface area contributed by atoms with Gasteiger partial charge in [0.15, 0.2) is 0 Å². The molecule has 0 heterocycles. The van der Waals surface area contributed by atoms with Crippen molar-refractivity contribution in [3.8, 4) is 0 Å². The average molecular weight is 515 g/mol. The summed E-state index contributed by atoms with van der Waals surface area (Å²) >= 11 is -1.92. The van der Waals surface area contributed by atoms with Crippen molar-refractivity contribution in [2.75, 3.05) is 0 Å². The van der Waals surface area contributed by atoms with Gasteiger partial charge in [-0.25, -0.2) is 0 Å². The van der Waals surface area contributed by atoms with Gasteiger partial charge in [0.05, 0.1) is 0 Å². The Balaban J connectivity index is 0.000000289. The summed E-state index contributed by atoms with van der Waals surface area (Å²) in [5.74, 6) is 0. The molecule has 0 spiro atoms. The molecule has 4 heteroatoms. The molecule has 2 rings (SSSR count). The van der Waals surface area contributed by atoms with Gasteiger partial charge in [-0.15, -0.1) is 0 Å². The molecule has 0 fully saturated rings. The zero-order valence-corrected chi connectivity index (χ0v) is 16.4. The number of hydrogen-bond donors (Lipinski definition) is 0. The first kappa shape index (κ1) is 20.5. The van der Waals surface area contributed by atoms with E-state index in [1.165, 1.54) is 51.4 Å². The number of allylic oxidation sites excluding steroid dienone is 8. The molecule has 118 valence electrons. The predicted molar refractivity (Wildman–Crippen MR) is 91.1 cm³/mol. The van der Waals surface area contributed by atoms with Gasteiger partial charge in [0.25, 0.3) is 0 Å². The third kappa shape index (κ3) is 20.8. The number of rotatable bonds is 0. The van der Waals surface area contributed by atoms with Gasteiger partial charge in [0.1, 0.15) is 0 Å². The van der Waals surface area contributed by atoms with Crippen molar-refractivity contribution in [1.82, 2.24) is 0 Å². The first-order valence-corrected chi connectivity index (χ1v) is 15.9. The second kappa shape index (κ2) is 17.5. The van der Waals surface area contributed by atoms with Gasteiger partial charge in [-0.3, -0.25) is 0 Å². The van der Waals surface area contributed by atoms with Crippen molar-refractivity contribution in [3.63, 3.8) is 0 Å². The van der Waals surface area contributed by atoms with Crippen LogP contribution in [0.3, 0.4) is 0 Å². The molecule has 0 aromatic carbocycles. The fraction of sp³-hybridized carbons (Fsp3) is 0.500. The fourth-order valence-electron chi connectivity index (χ4n) is 1.75. The Kier molecular flexibility index (Phi) is 18.0. The monoisotopic (exact) mass is 514 g/mol. The molecule has 0 aliphatic heterocycles. The summed E-state index contributed by atoms with van der Waals surface area (Å²) < 4.78 is 0. The molecule has 20 heavy (non-hydrogen) atoms. The third-order valence-electron chi connectivity index (χ3n) is 2.75. The van der Waals surface area contributed by atoms with E-state index < -0.39 is 13.5 Å². The molecule has 2 aliphatic rings. The summed E-state index contributed by atoms with van der Waals surface area (Å²) in [5.41, 5.74) is 0. The molecular weight excluding hydrogens is 491 g/mol. The van der Waals surface area contributed by atoms with Crippen LogP contribution in [0.25, 0.3) is 0 Å². The summed E-state index contributed by atoms with van der Waals surface area (Å²) in [6.07, 6.45) is 28.0. The van der Waals surface area contributed by atoms with Crippen LogP contribution < -0.4 is 0 Å².